The fourth-order valence-electron chi connectivity index (χ4n) is 0.876. The molecule has 17 heavy (non-hydrogen) atoms. The van der Waals surface area contributed by atoms with E-state index in [1.807, 2.05) is 36.4 Å². The number of hydrogen-bond donors (Lipinski definition) is 0. The predicted molar refractivity (Wildman–Crippen MR) is 72.6 cm³/mol. The third-order valence-corrected chi connectivity index (χ3v) is 1.55. The average Bonchev–Trinajstić information content (AvgIpc) is 2.33. The van der Waals surface area contributed by atoms with E-state index >= 15 is 0 Å². The second-order valence-electron chi connectivity index (χ2n) is 2.78. The molecule has 5 heteroatoms. The molecule has 0 aliphatic rings. The first-order valence-electron chi connectivity index (χ1n) is 4.56. The first-order valence-corrected chi connectivity index (χ1v) is 8.56. The van der Waals surface area contributed by atoms with Crippen molar-refractivity contribution >= 4 is 30.4 Å². The van der Waals surface area contributed by atoms with Gasteiger partial charge in [0.2, 0.25) is 0 Å². The van der Waals surface area contributed by atoms with E-state index in [0.717, 1.165) is 0 Å². The first-order chi connectivity index (χ1) is 8.20. The molecule has 0 unspecified atom stereocenters. The molecule has 2 N–H and O–H groups in total. The number of nitrogens with one attached hydrogen (secondary N) is 2. The molecular formula is C12H12Cl2N2Pd-2. The summed E-state index contributed by atoms with van der Waals surface area (Å²) in [5.74, 6) is 0. The van der Waals surface area contributed by atoms with Gasteiger partial charge in [-0.1, -0.05) is 60.7 Å². The monoisotopic (exact) mass is 360 g/mol. The maximum atomic E-state index is 7.00. The van der Waals surface area contributed by atoms with E-state index in [-0.39, 0.29) is 15.9 Å². The van der Waals surface area contributed by atoms with E-state index in [4.69, 9.17) is 30.5 Å². The van der Waals surface area contributed by atoms with E-state index in [1.165, 1.54) is 0 Å². The Hall–Kier alpha value is -0.718. The van der Waals surface area contributed by atoms with Crippen molar-refractivity contribution in [3.63, 3.8) is 0 Å². The summed E-state index contributed by atoms with van der Waals surface area (Å²) in [4.78, 5) is 0. The van der Waals surface area contributed by atoms with Gasteiger partial charge >= 0.3 is 35.0 Å². The van der Waals surface area contributed by atoms with E-state index < -0.39 is 0 Å². The summed E-state index contributed by atoms with van der Waals surface area (Å²) in [6.07, 6.45) is 0. The molecule has 0 saturated heterocycles. The molecule has 2 aromatic carbocycles. The van der Waals surface area contributed by atoms with Crippen molar-refractivity contribution in [2.75, 3.05) is 0 Å². The van der Waals surface area contributed by atoms with Crippen molar-refractivity contribution in [2.45, 2.75) is 0 Å². The topological polar surface area (TPSA) is 47.6 Å². The number of halogens is 2. The van der Waals surface area contributed by atoms with Crippen LogP contribution in [0.25, 0.3) is 11.5 Å². The average molecular weight is 362 g/mol. The molecular weight excluding hydrogens is 349 g/mol. The van der Waals surface area contributed by atoms with Crippen LogP contribution >= 0.6 is 19.1 Å². The number of rotatable bonds is 0. The van der Waals surface area contributed by atoms with Crippen LogP contribution in [0, 0.1) is 0 Å². The normalized spacial score (nSPS) is 8.35. The van der Waals surface area contributed by atoms with Gasteiger partial charge in [0.25, 0.3) is 0 Å². The van der Waals surface area contributed by atoms with Crippen LogP contribution in [0.3, 0.4) is 0 Å². The van der Waals surface area contributed by atoms with Crippen LogP contribution in [0.5, 0.6) is 0 Å². The van der Waals surface area contributed by atoms with Crippen LogP contribution in [0.1, 0.15) is 0 Å². The van der Waals surface area contributed by atoms with Gasteiger partial charge in [-0.15, -0.1) is 11.4 Å². The second-order valence-corrected chi connectivity index (χ2v) is 5.14. The number of benzene rings is 2. The molecule has 0 aromatic heterocycles. The smallest absolute Gasteiger partial charge is 0.0624 e. The van der Waals surface area contributed by atoms with Gasteiger partial charge in [0, 0.05) is 0 Å². The van der Waals surface area contributed by atoms with Crippen LogP contribution in [-0.4, -0.2) is 0 Å². The molecule has 96 valence electrons. The fourth-order valence-corrected chi connectivity index (χ4v) is 0.876. The third kappa shape index (κ3) is 11.5. The minimum atomic E-state index is -0.106. The zero-order valence-electron chi connectivity index (χ0n) is 8.85. The van der Waals surface area contributed by atoms with E-state index in [1.54, 1.807) is 24.3 Å². The molecule has 0 bridgehead atoms. The maximum Gasteiger partial charge on any atom is -0.0624 e. The van der Waals surface area contributed by atoms with Gasteiger partial charge in [0.1, 0.15) is 0 Å². The Balaban J connectivity index is 0.000000247. The molecule has 0 fully saturated rings. The Labute approximate surface area is 118 Å². The molecule has 0 spiro atoms. The number of hydrogen-bond acceptors (Lipinski definition) is 0. The van der Waals surface area contributed by atoms with Crippen molar-refractivity contribution in [1.82, 2.24) is 0 Å². The van der Waals surface area contributed by atoms with Crippen molar-refractivity contribution in [3.8, 4) is 0 Å². The molecule has 0 saturated carbocycles. The molecule has 0 heterocycles. The molecule has 0 amide bonds. The summed E-state index contributed by atoms with van der Waals surface area (Å²) >= 11 is -0.106. The standard InChI is InChI=1S/2C6H6N.2ClH.Pd/c2*7-6-4-2-1-3-5-6;;;/h2*1-5,7H;2*1H;/q2*-1;;;+2/p-2. The van der Waals surface area contributed by atoms with Gasteiger partial charge in [-0.2, -0.15) is 0 Å². The Bertz CT molecular complexity index is 333. The van der Waals surface area contributed by atoms with E-state index in [2.05, 4.69) is 0 Å². The Morgan fingerprint density at radius 3 is 1.00 bits per heavy atom. The molecule has 0 radical (unpaired) electrons. The van der Waals surface area contributed by atoms with E-state index in [9.17, 15) is 0 Å². The van der Waals surface area contributed by atoms with Crippen LogP contribution in [-0.2, 0) is 15.9 Å². The summed E-state index contributed by atoms with van der Waals surface area (Å²) in [6, 6.07) is 18.2. The minimum absolute atomic E-state index is 0.106. The Kier molecular flexibility index (Phi) is 11.3. The van der Waals surface area contributed by atoms with Gasteiger partial charge in [-0.05, 0) is 0 Å². The Morgan fingerprint density at radius 2 is 0.882 bits per heavy atom. The van der Waals surface area contributed by atoms with E-state index in [0.29, 0.717) is 11.4 Å². The van der Waals surface area contributed by atoms with Crippen molar-refractivity contribution in [2.24, 2.45) is 0 Å². The van der Waals surface area contributed by atoms with Gasteiger partial charge in [0.15, 0.2) is 0 Å². The summed E-state index contributed by atoms with van der Waals surface area (Å²) in [5, 5.41) is 0. The van der Waals surface area contributed by atoms with Gasteiger partial charge in [-0.3, -0.25) is 0 Å². The zero-order valence-corrected chi connectivity index (χ0v) is 11.9. The van der Waals surface area contributed by atoms with Crippen molar-refractivity contribution in [3.05, 3.63) is 72.1 Å². The van der Waals surface area contributed by atoms with Gasteiger partial charge in [-0.25, -0.2) is 0 Å². The minimum Gasteiger partial charge on any atom is -0.699 e. The fraction of sp³-hybridized carbons (Fsp3) is 0. The summed E-state index contributed by atoms with van der Waals surface area (Å²) in [5.41, 5.74) is 15.1. The van der Waals surface area contributed by atoms with Crippen molar-refractivity contribution in [1.29, 1.82) is 0 Å². The SMILES string of the molecule is [Cl][Pd][Cl].[NH-]c1ccccc1.[NH-]c1ccccc1. The second kappa shape index (κ2) is 11.8. The zero-order chi connectivity index (χ0) is 12.9. The first kappa shape index (κ1) is 16.3. The summed E-state index contributed by atoms with van der Waals surface area (Å²) in [7, 11) is 9.63. The van der Waals surface area contributed by atoms with Crippen LogP contribution < -0.4 is 0 Å². The predicted octanol–water partition coefficient (Wildman–Crippen LogP) is 6.12. The van der Waals surface area contributed by atoms with Gasteiger partial charge in [0.05, 0.1) is 0 Å². The van der Waals surface area contributed by atoms with Crippen LogP contribution in [0.15, 0.2) is 60.7 Å². The van der Waals surface area contributed by atoms with Crippen molar-refractivity contribution < 1.29 is 15.9 Å². The van der Waals surface area contributed by atoms with Crippen LogP contribution in [0.2, 0.25) is 0 Å². The quantitative estimate of drug-likeness (QED) is 0.508. The summed E-state index contributed by atoms with van der Waals surface area (Å²) < 4.78 is 0. The van der Waals surface area contributed by atoms with Crippen LogP contribution in [0.4, 0.5) is 11.4 Å². The third-order valence-electron chi connectivity index (χ3n) is 1.55. The molecule has 2 aromatic rings. The molecule has 2 rings (SSSR count). The van der Waals surface area contributed by atoms with Gasteiger partial charge < -0.3 is 11.5 Å². The largest absolute Gasteiger partial charge is 0.699 e. The molecule has 0 aliphatic carbocycles. The molecule has 0 atom stereocenters. The maximum absolute atomic E-state index is 7.00. The molecule has 0 aliphatic heterocycles. The summed E-state index contributed by atoms with van der Waals surface area (Å²) in [6.45, 7) is 0. The Morgan fingerprint density at radius 1 is 0.647 bits per heavy atom. The molecule has 2 nitrogen and oxygen atoms in total.